The number of hydrogen-bond donors (Lipinski definition) is 2. The molecule has 1 aromatic heterocycles. The van der Waals surface area contributed by atoms with E-state index in [-0.39, 0.29) is 19.4 Å². The molecule has 2 N–H and O–H groups in total. The fraction of sp³-hybridized carbons (Fsp3) is 0.487. The van der Waals surface area contributed by atoms with Gasteiger partial charge in [-0.05, 0) is 64.5 Å². The van der Waals surface area contributed by atoms with Crippen molar-refractivity contribution in [3.63, 3.8) is 0 Å². The summed E-state index contributed by atoms with van der Waals surface area (Å²) in [5.74, 6) is -0.360. The zero-order valence-corrected chi connectivity index (χ0v) is 30.8. The molecule has 0 radical (unpaired) electrons. The lowest BCUT2D eigenvalue weighted by atomic mass is 10.1. The van der Waals surface area contributed by atoms with E-state index in [1.54, 1.807) is 34.0 Å². The Morgan fingerprint density at radius 1 is 1.08 bits per heavy atom. The van der Waals surface area contributed by atoms with Crippen molar-refractivity contribution in [2.45, 2.75) is 93.7 Å². The first-order valence-corrected chi connectivity index (χ1v) is 19.4. The summed E-state index contributed by atoms with van der Waals surface area (Å²) in [6, 6.07) is 15.9. The van der Waals surface area contributed by atoms with E-state index < -0.39 is 61.9 Å². The van der Waals surface area contributed by atoms with Crippen LogP contribution in [0.5, 0.6) is 11.5 Å². The fourth-order valence-corrected chi connectivity index (χ4v) is 8.96. The van der Waals surface area contributed by atoms with Gasteiger partial charge < -0.3 is 19.5 Å². The van der Waals surface area contributed by atoms with Crippen molar-refractivity contribution in [1.29, 1.82) is 0 Å². The fourth-order valence-electron chi connectivity index (χ4n) is 7.22. The summed E-state index contributed by atoms with van der Waals surface area (Å²) >= 11 is 0. The molecule has 1 saturated heterocycles. The predicted molar refractivity (Wildman–Crippen MR) is 195 cm³/mol. The van der Waals surface area contributed by atoms with E-state index in [0.717, 1.165) is 23.8 Å². The van der Waals surface area contributed by atoms with Gasteiger partial charge in [-0.15, -0.1) is 6.58 Å². The molecule has 3 saturated carbocycles. The molecule has 4 fully saturated rings. The standard InChI is InChI=1S/C39H46N4O8S/c1-6-26-22-39(26,35(45)42-52(47,48)38(16-17-38)21-24-12-13-24)41-34(44)32-19-28(23-43(32)36(46)51-37(2,3)4)50-33-20-30(25-10-8-7-9-11-25)40-31-18-27(49-5)14-15-29(31)33/h6-11,14-15,18,20,24,26,28,32H,1,12-13,16-17,19,21-23H2,2-5H3,(H,41,44)(H,42,45)/t26-,28-,32-,39-/m1/s1. The quantitative estimate of drug-likeness (QED) is 0.230. The van der Waals surface area contributed by atoms with Gasteiger partial charge in [-0.3, -0.25) is 19.2 Å². The van der Waals surface area contributed by atoms with Gasteiger partial charge in [0.1, 0.15) is 34.8 Å². The second-order valence-corrected chi connectivity index (χ2v) is 17.7. The van der Waals surface area contributed by atoms with Crippen LogP contribution in [0.3, 0.4) is 0 Å². The van der Waals surface area contributed by atoms with Crippen molar-refractivity contribution >= 4 is 38.8 Å². The smallest absolute Gasteiger partial charge is 0.411 e. The minimum Gasteiger partial charge on any atom is -0.497 e. The van der Waals surface area contributed by atoms with Gasteiger partial charge in [-0.1, -0.05) is 49.2 Å². The highest BCUT2D eigenvalue weighted by Gasteiger charge is 2.64. The maximum Gasteiger partial charge on any atom is 0.411 e. The number of likely N-dealkylation sites (tertiary alicyclic amines) is 1. The topological polar surface area (TPSA) is 153 Å². The Morgan fingerprint density at radius 3 is 2.42 bits per heavy atom. The van der Waals surface area contributed by atoms with Crippen LogP contribution in [0.15, 0.2) is 67.3 Å². The zero-order valence-electron chi connectivity index (χ0n) is 30.0. The highest BCUT2D eigenvalue weighted by Crippen LogP contribution is 2.53. The summed E-state index contributed by atoms with van der Waals surface area (Å²) in [5, 5.41) is 3.57. The number of carbonyl (C=O) groups excluding carboxylic acids is 3. The number of hydrogen-bond acceptors (Lipinski definition) is 9. The lowest BCUT2D eigenvalue weighted by Crippen LogP contribution is -2.57. The van der Waals surface area contributed by atoms with E-state index in [2.05, 4.69) is 16.6 Å². The highest BCUT2D eigenvalue weighted by atomic mass is 32.2. The first-order valence-electron chi connectivity index (χ1n) is 17.9. The Kier molecular flexibility index (Phi) is 8.99. The average molecular weight is 731 g/mol. The lowest BCUT2D eigenvalue weighted by molar-refractivity contribution is -0.131. The Labute approximate surface area is 304 Å². The maximum absolute atomic E-state index is 14.2. The third-order valence-corrected chi connectivity index (χ3v) is 12.7. The highest BCUT2D eigenvalue weighted by molar-refractivity contribution is 7.91. The van der Waals surface area contributed by atoms with Gasteiger partial charge in [0.05, 0.1) is 29.6 Å². The molecular weight excluding hydrogens is 685 g/mol. The Morgan fingerprint density at radius 2 is 1.81 bits per heavy atom. The second kappa shape index (κ2) is 13.1. The molecule has 2 heterocycles. The molecule has 0 bridgehead atoms. The molecule has 3 amide bonds. The molecule has 0 unspecified atom stereocenters. The molecule has 12 nitrogen and oxygen atoms in total. The molecule has 1 aliphatic heterocycles. The number of nitrogens with zero attached hydrogens (tertiary/aromatic N) is 2. The summed E-state index contributed by atoms with van der Waals surface area (Å²) in [6.45, 7) is 9.05. The van der Waals surface area contributed by atoms with E-state index in [1.807, 2.05) is 54.6 Å². The normalized spacial score (nSPS) is 24.8. The second-order valence-electron chi connectivity index (χ2n) is 15.7. The van der Waals surface area contributed by atoms with E-state index >= 15 is 0 Å². The Balaban J connectivity index is 1.15. The van der Waals surface area contributed by atoms with Gasteiger partial charge in [0.2, 0.25) is 15.9 Å². The van der Waals surface area contributed by atoms with Crippen molar-refractivity contribution in [3.8, 4) is 22.8 Å². The number of amides is 3. The molecule has 0 spiro atoms. The molecule has 3 aromatic rings. The van der Waals surface area contributed by atoms with Crippen LogP contribution in [-0.4, -0.2) is 77.9 Å². The van der Waals surface area contributed by atoms with Crippen LogP contribution in [-0.2, 0) is 24.3 Å². The number of aromatic nitrogens is 1. The molecule has 13 heteroatoms. The minimum atomic E-state index is -3.97. The first-order chi connectivity index (χ1) is 24.7. The van der Waals surface area contributed by atoms with Crippen LogP contribution in [0, 0.1) is 11.8 Å². The van der Waals surface area contributed by atoms with Gasteiger partial charge in [-0.25, -0.2) is 18.2 Å². The third-order valence-electron chi connectivity index (χ3n) is 10.5. The number of methoxy groups -OCH3 is 1. The number of pyridine rings is 1. The Bertz CT molecular complexity index is 2020. The molecule has 7 rings (SSSR count). The summed E-state index contributed by atoms with van der Waals surface area (Å²) in [5.41, 5.74) is -0.163. The lowest BCUT2D eigenvalue weighted by Gasteiger charge is -2.29. The number of nitrogens with one attached hydrogen (secondary N) is 2. The summed E-state index contributed by atoms with van der Waals surface area (Å²) in [4.78, 5) is 47.7. The molecule has 3 aliphatic carbocycles. The summed E-state index contributed by atoms with van der Waals surface area (Å²) < 4.78 is 46.1. The predicted octanol–water partition coefficient (Wildman–Crippen LogP) is 5.51. The Hall–Kier alpha value is -4.65. The van der Waals surface area contributed by atoms with Crippen LogP contribution in [0.1, 0.15) is 65.7 Å². The van der Waals surface area contributed by atoms with Crippen LogP contribution in [0.25, 0.3) is 22.2 Å². The number of benzene rings is 2. The molecule has 2 aromatic carbocycles. The monoisotopic (exact) mass is 730 g/mol. The van der Waals surface area contributed by atoms with Crippen LogP contribution < -0.4 is 19.5 Å². The van der Waals surface area contributed by atoms with Gasteiger partial charge in [0, 0.05) is 35.4 Å². The number of rotatable bonds is 12. The van der Waals surface area contributed by atoms with Gasteiger partial charge in [0.25, 0.3) is 5.91 Å². The maximum atomic E-state index is 14.2. The number of fused-ring (bicyclic) bond motifs is 1. The summed E-state index contributed by atoms with van der Waals surface area (Å²) in [7, 11) is -2.39. The van der Waals surface area contributed by atoms with Crippen molar-refractivity contribution in [2.75, 3.05) is 13.7 Å². The van der Waals surface area contributed by atoms with E-state index in [1.165, 1.54) is 4.90 Å². The zero-order chi connectivity index (χ0) is 37.1. The van der Waals surface area contributed by atoms with Crippen molar-refractivity contribution in [2.24, 2.45) is 11.8 Å². The number of ether oxygens (including phenoxy) is 3. The summed E-state index contributed by atoms with van der Waals surface area (Å²) in [6.07, 6.45) is 4.05. The van der Waals surface area contributed by atoms with Crippen LogP contribution >= 0.6 is 0 Å². The molecule has 276 valence electrons. The third kappa shape index (κ3) is 7.07. The van der Waals surface area contributed by atoms with Gasteiger partial charge >= 0.3 is 6.09 Å². The van der Waals surface area contributed by atoms with Crippen LogP contribution in [0.4, 0.5) is 4.79 Å². The SMILES string of the molecule is C=C[C@@H]1C[C@]1(NC(=O)[C@H]1C[C@@H](Oc2cc(-c3ccccc3)nc3cc(OC)ccc23)CN1C(=O)OC(C)(C)C)C(=O)NS(=O)(=O)C1(CC2CC2)CC1. The minimum absolute atomic E-state index is 0.0236. The van der Waals surface area contributed by atoms with Gasteiger partial charge in [0.15, 0.2) is 0 Å². The van der Waals surface area contributed by atoms with Gasteiger partial charge in [-0.2, -0.15) is 0 Å². The van der Waals surface area contributed by atoms with E-state index in [0.29, 0.717) is 47.9 Å². The molecular formula is C39H46N4O8S. The van der Waals surface area contributed by atoms with E-state index in [9.17, 15) is 22.8 Å². The molecule has 4 atom stereocenters. The molecule has 4 aliphatic rings. The van der Waals surface area contributed by atoms with Crippen molar-refractivity contribution < 1.29 is 37.0 Å². The number of sulfonamides is 1. The first kappa shape index (κ1) is 35.7. The van der Waals surface area contributed by atoms with Crippen molar-refractivity contribution in [1.82, 2.24) is 19.9 Å². The average Bonchev–Trinajstić information content (AvgIpc) is 4.05. The van der Waals surface area contributed by atoms with Crippen molar-refractivity contribution in [3.05, 3.63) is 67.3 Å². The molecule has 52 heavy (non-hydrogen) atoms. The number of carbonyl (C=O) groups is 3. The van der Waals surface area contributed by atoms with E-state index in [4.69, 9.17) is 19.2 Å². The largest absolute Gasteiger partial charge is 0.497 e. The van der Waals surface area contributed by atoms with Crippen LogP contribution in [0.2, 0.25) is 0 Å².